The van der Waals surface area contributed by atoms with Gasteiger partial charge < -0.3 is 4.90 Å². The number of para-hydroxylation sites is 1. The van der Waals surface area contributed by atoms with Crippen LogP contribution in [-0.4, -0.2) is 42.1 Å². The van der Waals surface area contributed by atoms with Crippen LogP contribution < -0.4 is 4.90 Å². The molecule has 0 amide bonds. The Bertz CT molecular complexity index is 646. The summed E-state index contributed by atoms with van der Waals surface area (Å²) < 4.78 is 0. The summed E-state index contributed by atoms with van der Waals surface area (Å²) in [5.41, 5.74) is 1.11. The highest BCUT2D eigenvalue weighted by Crippen LogP contribution is 2.25. The lowest BCUT2D eigenvalue weighted by atomic mass is 10.0. The van der Waals surface area contributed by atoms with Gasteiger partial charge >= 0.3 is 0 Å². The van der Waals surface area contributed by atoms with Crippen LogP contribution in [0, 0.1) is 0 Å². The lowest BCUT2D eigenvalue weighted by Gasteiger charge is -2.39. The van der Waals surface area contributed by atoms with Crippen LogP contribution in [0.5, 0.6) is 0 Å². The Hall–Kier alpha value is -1.61. The topological polar surface area (TPSA) is 19.4 Å². The lowest BCUT2D eigenvalue weighted by Crippen LogP contribution is -2.48. The maximum atomic E-state index is 4.90. The summed E-state index contributed by atoms with van der Waals surface area (Å²) >= 11 is 0. The molecule has 2 saturated heterocycles. The van der Waals surface area contributed by atoms with Crippen LogP contribution in [0.3, 0.4) is 0 Å². The lowest BCUT2D eigenvalue weighted by molar-refractivity contribution is 0.182. The fourth-order valence-electron chi connectivity index (χ4n) is 4.15. The predicted molar refractivity (Wildman–Crippen MR) is 97.0 cm³/mol. The van der Waals surface area contributed by atoms with Gasteiger partial charge in [-0.3, -0.25) is 4.90 Å². The van der Waals surface area contributed by atoms with Crippen LogP contribution in [0.2, 0.25) is 0 Å². The van der Waals surface area contributed by atoms with Crippen LogP contribution in [0.1, 0.15) is 38.5 Å². The van der Waals surface area contributed by atoms with E-state index in [1.807, 2.05) is 0 Å². The number of pyridine rings is 1. The Labute approximate surface area is 139 Å². The standard InChI is InChI=1S/C20H27N3/c1-2-6-14-22(13-5-1)18-9-7-15-23(16-18)20-12-11-17-8-3-4-10-19(17)21-20/h3-4,8,10-12,18H,1-2,5-7,9,13-16H2. The van der Waals surface area contributed by atoms with Gasteiger partial charge in [0.15, 0.2) is 0 Å². The van der Waals surface area contributed by atoms with Crippen LogP contribution >= 0.6 is 0 Å². The molecule has 2 aliphatic rings. The number of likely N-dealkylation sites (tertiary alicyclic amines) is 1. The molecule has 1 aromatic carbocycles. The van der Waals surface area contributed by atoms with Gasteiger partial charge in [-0.05, 0) is 57.0 Å². The summed E-state index contributed by atoms with van der Waals surface area (Å²) in [6.07, 6.45) is 8.23. The molecular formula is C20H27N3. The molecule has 0 spiro atoms. The number of hydrogen-bond donors (Lipinski definition) is 0. The van der Waals surface area contributed by atoms with Crippen molar-refractivity contribution in [2.45, 2.75) is 44.6 Å². The Morgan fingerprint density at radius 2 is 1.65 bits per heavy atom. The summed E-state index contributed by atoms with van der Waals surface area (Å²) in [6.45, 7) is 4.88. The molecule has 3 heteroatoms. The predicted octanol–water partition coefficient (Wildman–Crippen LogP) is 4.08. The van der Waals surface area contributed by atoms with Gasteiger partial charge in [0.05, 0.1) is 5.52 Å². The molecule has 0 radical (unpaired) electrons. The minimum atomic E-state index is 0.718. The van der Waals surface area contributed by atoms with Crippen molar-refractivity contribution in [1.29, 1.82) is 0 Å². The Morgan fingerprint density at radius 3 is 2.52 bits per heavy atom. The first kappa shape index (κ1) is 14.9. The zero-order valence-electron chi connectivity index (χ0n) is 14.0. The summed E-state index contributed by atoms with van der Waals surface area (Å²) in [6, 6.07) is 13.6. The van der Waals surface area contributed by atoms with Crippen LogP contribution in [0.4, 0.5) is 5.82 Å². The number of piperidine rings is 1. The Morgan fingerprint density at radius 1 is 0.826 bits per heavy atom. The third-order valence-corrected chi connectivity index (χ3v) is 5.46. The first-order valence-electron chi connectivity index (χ1n) is 9.25. The van der Waals surface area contributed by atoms with E-state index in [1.165, 1.54) is 57.0 Å². The van der Waals surface area contributed by atoms with E-state index in [1.54, 1.807) is 0 Å². The van der Waals surface area contributed by atoms with E-state index in [2.05, 4.69) is 46.2 Å². The molecule has 0 bridgehead atoms. The molecule has 2 aromatic rings. The molecule has 23 heavy (non-hydrogen) atoms. The van der Waals surface area contributed by atoms with E-state index < -0.39 is 0 Å². The largest absolute Gasteiger partial charge is 0.355 e. The molecular weight excluding hydrogens is 282 g/mol. The number of fused-ring (bicyclic) bond motifs is 1. The van der Waals surface area contributed by atoms with E-state index in [4.69, 9.17) is 4.98 Å². The monoisotopic (exact) mass is 309 g/mol. The van der Waals surface area contributed by atoms with Crippen LogP contribution in [-0.2, 0) is 0 Å². The number of rotatable bonds is 2. The number of nitrogens with zero attached hydrogens (tertiary/aromatic N) is 3. The summed E-state index contributed by atoms with van der Waals surface area (Å²) in [4.78, 5) is 10.2. The van der Waals surface area contributed by atoms with Gasteiger partial charge in [-0.1, -0.05) is 31.0 Å². The summed E-state index contributed by atoms with van der Waals surface area (Å²) in [5, 5.41) is 1.23. The first-order valence-corrected chi connectivity index (χ1v) is 9.25. The minimum Gasteiger partial charge on any atom is -0.355 e. The first-order chi connectivity index (χ1) is 11.4. The van der Waals surface area contributed by atoms with Crippen molar-refractivity contribution in [1.82, 2.24) is 9.88 Å². The molecule has 3 heterocycles. The molecule has 4 rings (SSSR count). The molecule has 3 nitrogen and oxygen atoms in total. The van der Waals surface area contributed by atoms with Crippen molar-refractivity contribution >= 4 is 16.7 Å². The third-order valence-electron chi connectivity index (χ3n) is 5.46. The van der Waals surface area contributed by atoms with Gasteiger partial charge in [-0.25, -0.2) is 4.98 Å². The van der Waals surface area contributed by atoms with Crippen molar-refractivity contribution in [3.8, 4) is 0 Å². The molecule has 1 unspecified atom stereocenters. The fourth-order valence-corrected chi connectivity index (χ4v) is 4.15. The highest BCUT2D eigenvalue weighted by molar-refractivity contribution is 5.80. The van der Waals surface area contributed by atoms with E-state index in [-0.39, 0.29) is 0 Å². The van der Waals surface area contributed by atoms with Gasteiger partial charge in [0.2, 0.25) is 0 Å². The molecule has 0 saturated carbocycles. The maximum Gasteiger partial charge on any atom is 0.129 e. The van der Waals surface area contributed by atoms with Gasteiger partial charge in [0, 0.05) is 24.5 Å². The normalized spacial score (nSPS) is 23.8. The Kier molecular flexibility index (Phi) is 4.47. The number of benzene rings is 1. The van der Waals surface area contributed by atoms with Crippen molar-refractivity contribution in [2.24, 2.45) is 0 Å². The van der Waals surface area contributed by atoms with Gasteiger partial charge in [-0.2, -0.15) is 0 Å². The number of anilines is 1. The maximum absolute atomic E-state index is 4.90. The van der Waals surface area contributed by atoms with Crippen molar-refractivity contribution in [3.05, 3.63) is 36.4 Å². The highest BCUT2D eigenvalue weighted by Gasteiger charge is 2.26. The van der Waals surface area contributed by atoms with Crippen molar-refractivity contribution < 1.29 is 0 Å². The van der Waals surface area contributed by atoms with Crippen LogP contribution in [0.15, 0.2) is 36.4 Å². The quantitative estimate of drug-likeness (QED) is 0.833. The number of hydrogen-bond acceptors (Lipinski definition) is 3. The van der Waals surface area contributed by atoms with E-state index >= 15 is 0 Å². The summed E-state index contributed by atoms with van der Waals surface area (Å²) in [5.74, 6) is 1.16. The minimum absolute atomic E-state index is 0.718. The highest BCUT2D eigenvalue weighted by atomic mass is 15.3. The Balaban J connectivity index is 1.51. The third kappa shape index (κ3) is 3.35. The van der Waals surface area contributed by atoms with Crippen molar-refractivity contribution in [3.63, 3.8) is 0 Å². The second kappa shape index (κ2) is 6.88. The van der Waals surface area contributed by atoms with Crippen LogP contribution in [0.25, 0.3) is 10.9 Å². The average Bonchev–Trinajstić information content (AvgIpc) is 2.91. The second-order valence-electron chi connectivity index (χ2n) is 7.05. The fraction of sp³-hybridized carbons (Fsp3) is 0.550. The SMILES string of the molecule is c1ccc2nc(N3CCCC(N4CCCCCC4)C3)ccc2c1. The zero-order chi connectivity index (χ0) is 15.5. The van der Waals surface area contributed by atoms with Gasteiger partial charge in [0.1, 0.15) is 5.82 Å². The van der Waals surface area contributed by atoms with Gasteiger partial charge in [0.25, 0.3) is 0 Å². The molecule has 0 aliphatic carbocycles. The van der Waals surface area contributed by atoms with E-state index in [9.17, 15) is 0 Å². The second-order valence-corrected chi connectivity index (χ2v) is 7.05. The average molecular weight is 309 g/mol. The van der Waals surface area contributed by atoms with Crippen molar-refractivity contribution in [2.75, 3.05) is 31.1 Å². The van der Waals surface area contributed by atoms with E-state index in [0.717, 1.165) is 30.5 Å². The molecule has 1 aromatic heterocycles. The van der Waals surface area contributed by atoms with E-state index in [0.29, 0.717) is 0 Å². The van der Waals surface area contributed by atoms with Gasteiger partial charge in [-0.15, -0.1) is 0 Å². The smallest absolute Gasteiger partial charge is 0.129 e. The molecule has 0 N–H and O–H groups in total. The zero-order valence-corrected chi connectivity index (χ0v) is 14.0. The molecule has 1 atom stereocenters. The molecule has 2 fully saturated rings. The molecule has 2 aliphatic heterocycles. The summed E-state index contributed by atoms with van der Waals surface area (Å²) in [7, 11) is 0. The number of aromatic nitrogens is 1. The molecule has 122 valence electrons.